The van der Waals surface area contributed by atoms with E-state index >= 15 is 0 Å². The van der Waals surface area contributed by atoms with E-state index in [2.05, 4.69) is 4.72 Å². The van der Waals surface area contributed by atoms with Crippen LogP contribution in [0.15, 0.2) is 59.5 Å². The first kappa shape index (κ1) is 17.2. The first-order valence-corrected chi connectivity index (χ1v) is 8.80. The van der Waals surface area contributed by atoms with E-state index in [9.17, 15) is 8.42 Å². The summed E-state index contributed by atoms with van der Waals surface area (Å²) >= 11 is 0. The molecule has 5 heteroatoms. The fraction of sp³-hybridized carbons (Fsp3) is 0.222. The molecule has 0 fully saturated rings. The highest BCUT2D eigenvalue weighted by Gasteiger charge is 2.15. The van der Waals surface area contributed by atoms with E-state index in [0.717, 1.165) is 16.9 Å². The molecule has 0 saturated carbocycles. The molecule has 2 aromatic carbocycles. The van der Waals surface area contributed by atoms with Gasteiger partial charge < -0.3 is 4.74 Å². The number of ether oxygens (including phenoxy) is 1. The van der Waals surface area contributed by atoms with Crippen molar-refractivity contribution in [1.29, 1.82) is 0 Å². The molecule has 0 saturated heterocycles. The lowest BCUT2D eigenvalue weighted by atomic mass is 10.2. The van der Waals surface area contributed by atoms with Gasteiger partial charge in [-0.25, -0.2) is 13.1 Å². The standard InChI is InChI=1S/C18H21NO3S/c1-14-4-12-18(13-5-14)23(20,21)19-15(2)6-7-16-8-10-17(22-3)11-9-16/h4-13,15,19H,1-3H3/b7-6+. The summed E-state index contributed by atoms with van der Waals surface area (Å²) < 4.78 is 32.3. The van der Waals surface area contributed by atoms with Crippen molar-refractivity contribution in [1.82, 2.24) is 4.72 Å². The molecule has 0 aliphatic carbocycles. The van der Waals surface area contributed by atoms with Crippen molar-refractivity contribution >= 4 is 16.1 Å². The van der Waals surface area contributed by atoms with Crippen molar-refractivity contribution in [3.05, 3.63) is 65.7 Å². The molecule has 0 aliphatic rings. The number of nitrogens with one attached hydrogen (secondary N) is 1. The van der Waals surface area contributed by atoms with Gasteiger partial charge in [0.2, 0.25) is 10.0 Å². The van der Waals surface area contributed by atoms with Crippen LogP contribution in [-0.4, -0.2) is 21.6 Å². The summed E-state index contributed by atoms with van der Waals surface area (Å²) in [6, 6.07) is 14.0. The van der Waals surface area contributed by atoms with Gasteiger partial charge in [-0.05, 0) is 43.7 Å². The second kappa shape index (κ2) is 7.44. The molecule has 2 aromatic rings. The van der Waals surface area contributed by atoms with Crippen LogP contribution in [0.3, 0.4) is 0 Å². The molecular formula is C18H21NO3S. The van der Waals surface area contributed by atoms with Crippen molar-refractivity contribution in [3.8, 4) is 5.75 Å². The number of hydrogen-bond acceptors (Lipinski definition) is 3. The van der Waals surface area contributed by atoms with E-state index in [1.54, 1.807) is 38.3 Å². The van der Waals surface area contributed by atoms with E-state index in [4.69, 9.17) is 4.74 Å². The van der Waals surface area contributed by atoms with Gasteiger partial charge in [-0.1, -0.05) is 42.0 Å². The predicted molar refractivity (Wildman–Crippen MR) is 93.0 cm³/mol. The third-order valence-corrected chi connectivity index (χ3v) is 4.94. The van der Waals surface area contributed by atoms with Gasteiger partial charge in [-0.2, -0.15) is 0 Å². The van der Waals surface area contributed by atoms with Gasteiger partial charge in [-0.15, -0.1) is 0 Å². The summed E-state index contributed by atoms with van der Waals surface area (Å²) in [7, 11) is -1.89. The molecule has 0 heterocycles. The summed E-state index contributed by atoms with van der Waals surface area (Å²) in [6.07, 6.45) is 3.69. The van der Waals surface area contributed by atoms with Crippen LogP contribution < -0.4 is 9.46 Å². The van der Waals surface area contributed by atoms with Crippen LogP contribution in [0.2, 0.25) is 0 Å². The van der Waals surface area contributed by atoms with Gasteiger partial charge in [0.15, 0.2) is 0 Å². The molecule has 4 nitrogen and oxygen atoms in total. The Morgan fingerprint density at radius 3 is 2.22 bits per heavy atom. The minimum Gasteiger partial charge on any atom is -0.497 e. The van der Waals surface area contributed by atoms with E-state index in [0.29, 0.717) is 0 Å². The highest BCUT2D eigenvalue weighted by Crippen LogP contribution is 2.13. The molecule has 0 radical (unpaired) electrons. The molecule has 0 spiro atoms. The lowest BCUT2D eigenvalue weighted by Crippen LogP contribution is -2.31. The molecule has 0 bridgehead atoms. The van der Waals surface area contributed by atoms with Crippen LogP contribution in [-0.2, 0) is 10.0 Å². The van der Waals surface area contributed by atoms with Crippen LogP contribution in [0, 0.1) is 6.92 Å². The zero-order valence-electron chi connectivity index (χ0n) is 13.5. The quantitative estimate of drug-likeness (QED) is 0.883. The van der Waals surface area contributed by atoms with E-state index in [-0.39, 0.29) is 10.9 Å². The third-order valence-electron chi connectivity index (χ3n) is 3.37. The second-order valence-electron chi connectivity index (χ2n) is 5.36. The molecule has 23 heavy (non-hydrogen) atoms. The highest BCUT2D eigenvalue weighted by molar-refractivity contribution is 7.89. The Kier molecular flexibility index (Phi) is 5.58. The van der Waals surface area contributed by atoms with Gasteiger partial charge in [0.05, 0.1) is 12.0 Å². The maximum Gasteiger partial charge on any atom is 0.241 e. The Hall–Kier alpha value is -2.11. The van der Waals surface area contributed by atoms with Crippen molar-refractivity contribution in [2.75, 3.05) is 7.11 Å². The van der Waals surface area contributed by atoms with Gasteiger partial charge in [0, 0.05) is 6.04 Å². The smallest absolute Gasteiger partial charge is 0.241 e. The van der Waals surface area contributed by atoms with Crippen LogP contribution in [0.4, 0.5) is 0 Å². The summed E-state index contributed by atoms with van der Waals surface area (Å²) in [4.78, 5) is 0.271. The van der Waals surface area contributed by atoms with Gasteiger partial charge in [-0.3, -0.25) is 0 Å². The zero-order chi connectivity index (χ0) is 16.9. The third kappa shape index (κ3) is 4.94. The number of rotatable bonds is 6. The topological polar surface area (TPSA) is 55.4 Å². The van der Waals surface area contributed by atoms with Gasteiger partial charge in [0.1, 0.15) is 5.75 Å². The summed E-state index contributed by atoms with van der Waals surface area (Å²) in [5, 5.41) is 0. The molecule has 122 valence electrons. The molecule has 0 aliphatic heterocycles. The molecular weight excluding hydrogens is 310 g/mol. The predicted octanol–water partition coefficient (Wildman–Crippen LogP) is 3.38. The fourth-order valence-corrected chi connectivity index (χ4v) is 3.24. The largest absolute Gasteiger partial charge is 0.497 e. The number of methoxy groups -OCH3 is 1. The SMILES string of the molecule is COc1ccc(/C=C/C(C)NS(=O)(=O)c2ccc(C)cc2)cc1. The Morgan fingerprint density at radius 1 is 1.04 bits per heavy atom. The van der Waals surface area contributed by atoms with E-state index in [1.807, 2.05) is 43.3 Å². The van der Waals surface area contributed by atoms with Crippen LogP contribution in [0.5, 0.6) is 5.75 Å². The average molecular weight is 331 g/mol. The number of hydrogen-bond donors (Lipinski definition) is 1. The highest BCUT2D eigenvalue weighted by atomic mass is 32.2. The van der Waals surface area contributed by atoms with Gasteiger partial charge in [0.25, 0.3) is 0 Å². The van der Waals surface area contributed by atoms with Crippen LogP contribution in [0.25, 0.3) is 6.08 Å². The summed E-state index contributed by atoms with van der Waals surface area (Å²) in [6.45, 7) is 3.72. The molecule has 1 unspecified atom stereocenters. The van der Waals surface area contributed by atoms with E-state index < -0.39 is 10.0 Å². The Balaban J connectivity index is 2.04. The first-order chi connectivity index (χ1) is 10.9. The van der Waals surface area contributed by atoms with Crippen LogP contribution >= 0.6 is 0 Å². The first-order valence-electron chi connectivity index (χ1n) is 7.32. The number of sulfonamides is 1. The van der Waals surface area contributed by atoms with Crippen molar-refractivity contribution in [3.63, 3.8) is 0 Å². The normalized spacial score (nSPS) is 13.2. The lowest BCUT2D eigenvalue weighted by molar-refractivity contribution is 0.415. The average Bonchev–Trinajstić information content (AvgIpc) is 2.53. The Morgan fingerprint density at radius 2 is 1.65 bits per heavy atom. The zero-order valence-corrected chi connectivity index (χ0v) is 14.3. The Bertz CT molecular complexity index is 763. The van der Waals surface area contributed by atoms with Crippen molar-refractivity contribution in [2.24, 2.45) is 0 Å². The maximum absolute atomic E-state index is 12.3. The molecule has 1 N–H and O–H groups in total. The Labute approximate surface area is 137 Å². The number of aryl methyl sites for hydroxylation is 1. The lowest BCUT2D eigenvalue weighted by Gasteiger charge is -2.11. The minimum absolute atomic E-state index is 0.271. The monoisotopic (exact) mass is 331 g/mol. The molecule has 0 amide bonds. The van der Waals surface area contributed by atoms with Crippen molar-refractivity contribution < 1.29 is 13.2 Å². The molecule has 1 atom stereocenters. The van der Waals surface area contributed by atoms with Crippen LogP contribution in [0.1, 0.15) is 18.1 Å². The second-order valence-corrected chi connectivity index (χ2v) is 7.07. The van der Waals surface area contributed by atoms with Gasteiger partial charge >= 0.3 is 0 Å². The molecule has 2 rings (SSSR count). The maximum atomic E-state index is 12.3. The fourth-order valence-electron chi connectivity index (χ4n) is 2.04. The van der Waals surface area contributed by atoms with E-state index in [1.165, 1.54) is 0 Å². The van der Waals surface area contributed by atoms with Crippen molar-refractivity contribution in [2.45, 2.75) is 24.8 Å². The molecule has 0 aromatic heterocycles. The minimum atomic E-state index is -3.51. The summed E-state index contributed by atoms with van der Waals surface area (Å²) in [5.41, 5.74) is 2.00. The summed E-state index contributed by atoms with van der Waals surface area (Å²) in [5.74, 6) is 0.787. The number of benzene rings is 2.